The van der Waals surface area contributed by atoms with Crippen LogP contribution in [0, 0.1) is 0 Å². The molecule has 1 atom stereocenters. The zero-order valence-electron chi connectivity index (χ0n) is 13.0. The van der Waals surface area contributed by atoms with Crippen molar-refractivity contribution in [3.63, 3.8) is 0 Å². The van der Waals surface area contributed by atoms with E-state index in [2.05, 4.69) is 22.6 Å². The Morgan fingerprint density at radius 3 is 2.91 bits per heavy atom. The van der Waals surface area contributed by atoms with Crippen LogP contribution in [0.3, 0.4) is 0 Å². The molecule has 0 radical (unpaired) electrons. The molecule has 1 aromatic heterocycles. The fraction of sp³-hybridized carbons (Fsp3) is 0.278. The third-order valence-electron chi connectivity index (χ3n) is 4.33. The number of nitrogens with zero attached hydrogens (tertiary/aromatic N) is 1. The van der Waals surface area contributed by atoms with Crippen molar-refractivity contribution < 1.29 is 4.79 Å². The van der Waals surface area contributed by atoms with Crippen LogP contribution in [0.15, 0.2) is 36.4 Å². The van der Waals surface area contributed by atoms with E-state index in [9.17, 15) is 4.79 Å². The summed E-state index contributed by atoms with van der Waals surface area (Å²) in [5.41, 5.74) is 3.22. The average molecular weight is 325 g/mol. The van der Waals surface area contributed by atoms with Gasteiger partial charge in [0.15, 0.2) is 0 Å². The number of amides is 1. The molecule has 2 aromatic rings. The first-order valence-electron chi connectivity index (χ1n) is 7.84. The number of nitrogens with one attached hydrogen (secondary N) is 2. The lowest BCUT2D eigenvalue weighted by Gasteiger charge is -2.25. The number of hydrogen-bond acceptors (Lipinski definition) is 4. The summed E-state index contributed by atoms with van der Waals surface area (Å²) in [6.45, 7) is 1.95. The standard InChI is InChI=1S/C18H19N3OS/c1-21-10-9-13-14(11-21)23-18-16(13)17(22)19-15(20-18)8-7-12-5-3-2-4-6-12/h2-8,15,20H,9-11H2,1H3,(H,19,22)/t15-/m0/s1. The van der Waals surface area contributed by atoms with Gasteiger partial charge in [-0.05, 0) is 30.7 Å². The lowest BCUT2D eigenvalue weighted by Crippen LogP contribution is -2.43. The molecule has 23 heavy (non-hydrogen) atoms. The van der Waals surface area contributed by atoms with Crippen LogP contribution >= 0.6 is 11.3 Å². The highest BCUT2D eigenvalue weighted by Gasteiger charge is 2.31. The Bertz CT molecular complexity index is 766. The molecule has 0 spiro atoms. The van der Waals surface area contributed by atoms with E-state index in [4.69, 9.17) is 0 Å². The number of likely N-dealkylation sites (N-methyl/N-ethyl adjacent to an activating group) is 1. The lowest BCUT2D eigenvalue weighted by molar-refractivity contribution is 0.0942. The molecule has 3 heterocycles. The quantitative estimate of drug-likeness (QED) is 0.892. The van der Waals surface area contributed by atoms with Gasteiger partial charge in [0.1, 0.15) is 11.2 Å². The van der Waals surface area contributed by atoms with E-state index in [1.54, 1.807) is 11.3 Å². The van der Waals surface area contributed by atoms with Crippen LogP contribution in [0.4, 0.5) is 5.00 Å². The molecule has 0 fully saturated rings. The number of carbonyl (C=O) groups excluding carboxylic acids is 1. The van der Waals surface area contributed by atoms with Crippen LogP contribution in [-0.4, -0.2) is 30.6 Å². The summed E-state index contributed by atoms with van der Waals surface area (Å²) in [7, 11) is 2.13. The van der Waals surface area contributed by atoms with E-state index < -0.39 is 0 Å². The Kier molecular flexibility index (Phi) is 3.67. The fourth-order valence-corrected chi connectivity index (χ4v) is 4.49. The maximum atomic E-state index is 12.5. The van der Waals surface area contributed by atoms with Gasteiger partial charge in [-0.25, -0.2) is 0 Å². The van der Waals surface area contributed by atoms with E-state index in [-0.39, 0.29) is 12.1 Å². The van der Waals surface area contributed by atoms with Crippen LogP contribution in [0.2, 0.25) is 0 Å². The first-order chi connectivity index (χ1) is 11.2. The number of thiophene rings is 1. The Balaban J connectivity index is 1.58. The molecule has 4 rings (SSSR count). The number of fused-ring (bicyclic) bond motifs is 3. The van der Waals surface area contributed by atoms with Gasteiger partial charge in [0.2, 0.25) is 0 Å². The minimum atomic E-state index is -0.159. The molecule has 2 aliphatic heterocycles. The Labute approximate surface area is 139 Å². The molecule has 0 aliphatic carbocycles. The number of carbonyl (C=O) groups is 1. The lowest BCUT2D eigenvalue weighted by atomic mass is 10.0. The largest absolute Gasteiger partial charge is 0.353 e. The van der Waals surface area contributed by atoms with E-state index in [0.29, 0.717) is 0 Å². The van der Waals surface area contributed by atoms with Gasteiger partial charge in [0.05, 0.1) is 5.56 Å². The average Bonchev–Trinajstić information content (AvgIpc) is 2.91. The van der Waals surface area contributed by atoms with Gasteiger partial charge >= 0.3 is 0 Å². The molecule has 1 aromatic carbocycles. The topological polar surface area (TPSA) is 44.4 Å². The third-order valence-corrected chi connectivity index (χ3v) is 5.48. The Hall–Kier alpha value is -2.11. The SMILES string of the molecule is CN1CCc2c(sc3c2C(=O)N[C@H](C=Cc2ccccc2)N3)C1. The summed E-state index contributed by atoms with van der Waals surface area (Å²) in [5, 5.41) is 7.51. The van der Waals surface area contributed by atoms with Gasteiger partial charge in [0, 0.05) is 18.0 Å². The first kappa shape index (κ1) is 14.5. The second kappa shape index (κ2) is 5.83. The molecule has 118 valence electrons. The van der Waals surface area contributed by atoms with Crippen molar-refractivity contribution in [2.75, 3.05) is 18.9 Å². The Morgan fingerprint density at radius 2 is 2.09 bits per heavy atom. The van der Waals surface area contributed by atoms with E-state index >= 15 is 0 Å². The van der Waals surface area contributed by atoms with Crippen LogP contribution in [0.5, 0.6) is 0 Å². The van der Waals surface area contributed by atoms with Crippen molar-refractivity contribution in [3.8, 4) is 0 Å². The van der Waals surface area contributed by atoms with Gasteiger partial charge in [-0.1, -0.05) is 36.4 Å². The third kappa shape index (κ3) is 2.78. The maximum absolute atomic E-state index is 12.5. The van der Waals surface area contributed by atoms with Crippen molar-refractivity contribution >= 4 is 28.3 Å². The molecule has 1 amide bonds. The monoisotopic (exact) mass is 325 g/mol. The zero-order chi connectivity index (χ0) is 15.8. The molecular weight excluding hydrogens is 306 g/mol. The second-order valence-electron chi connectivity index (χ2n) is 6.06. The van der Waals surface area contributed by atoms with Gasteiger partial charge in [0.25, 0.3) is 5.91 Å². The number of anilines is 1. The summed E-state index contributed by atoms with van der Waals surface area (Å²) >= 11 is 1.72. The van der Waals surface area contributed by atoms with Crippen molar-refractivity contribution in [3.05, 3.63) is 58.0 Å². The maximum Gasteiger partial charge on any atom is 0.256 e. The van der Waals surface area contributed by atoms with Crippen molar-refractivity contribution in [2.45, 2.75) is 19.1 Å². The van der Waals surface area contributed by atoms with Crippen molar-refractivity contribution in [2.24, 2.45) is 0 Å². The molecular formula is C18H19N3OS. The molecule has 0 saturated heterocycles. The van der Waals surface area contributed by atoms with E-state index in [1.165, 1.54) is 10.4 Å². The van der Waals surface area contributed by atoms with E-state index in [0.717, 1.165) is 35.6 Å². The van der Waals surface area contributed by atoms with Crippen LogP contribution in [0.1, 0.15) is 26.4 Å². The predicted octanol–water partition coefficient (Wildman–Crippen LogP) is 2.93. The van der Waals surface area contributed by atoms with Crippen LogP contribution in [-0.2, 0) is 13.0 Å². The molecule has 5 heteroatoms. The van der Waals surface area contributed by atoms with Gasteiger partial charge in [-0.3, -0.25) is 4.79 Å². The van der Waals surface area contributed by atoms with Gasteiger partial charge < -0.3 is 15.5 Å². The summed E-state index contributed by atoms with van der Waals surface area (Å²) in [4.78, 5) is 16.1. The van der Waals surface area contributed by atoms with Gasteiger partial charge in [-0.15, -0.1) is 11.3 Å². The minimum absolute atomic E-state index is 0.0449. The molecule has 0 saturated carbocycles. The number of rotatable bonds is 2. The van der Waals surface area contributed by atoms with Gasteiger partial charge in [-0.2, -0.15) is 0 Å². The van der Waals surface area contributed by atoms with E-state index in [1.807, 2.05) is 42.5 Å². The predicted molar refractivity (Wildman–Crippen MR) is 94.7 cm³/mol. The van der Waals surface area contributed by atoms with Crippen molar-refractivity contribution in [1.29, 1.82) is 0 Å². The molecule has 0 unspecified atom stereocenters. The molecule has 2 N–H and O–H groups in total. The number of benzene rings is 1. The highest BCUT2D eigenvalue weighted by molar-refractivity contribution is 7.16. The Morgan fingerprint density at radius 1 is 1.26 bits per heavy atom. The van der Waals surface area contributed by atoms with Crippen molar-refractivity contribution in [1.82, 2.24) is 10.2 Å². The normalized spacial score (nSPS) is 20.7. The highest BCUT2D eigenvalue weighted by Crippen LogP contribution is 2.38. The number of hydrogen-bond donors (Lipinski definition) is 2. The summed E-state index contributed by atoms with van der Waals surface area (Å²) in [6, 6.07) is 10.1. The zero-order valence-corrected chi connectivity index (χ0v) is 13.8. The first-order valence-corrected chi connectivity index (χ1v) is 8.66. The van der Waals surface area contributed by atoms with Crippen LogP contribution < -0.4 is 10.6 Å². The highest BCUT2D eigenvalue weighted by atomic mass is 32.1. The summed E-state index contributed by atoms with van der Waals surface area (Å²) in [6.07, 6.45) is 4.83. The summed E-state index contributed by atoms with van der Waals surface area (Å²) in [5.74, 6) is 0.0449. The summed E-state index contributed by atoms with van der Waals surface area (Å²) < 4.78 is 0. The second-order valence-corrected chi connectivity index (χ2v) is 7.17. The minimum Gasteiger partial charge on any atom is -0.353 e. The smallest absolute Gasteiger partial charge is 0.256 e. The molecule has 0 bridgehead atoms. The molecule has 2 aliphatic rings. The fourth-order valence-electron chi connectivity index (χ4n) is 3.13. The van der Waals surface area contributed by atoms with Crippen LogP contribution in [0.25, 0.3) is 6.08 Å². The molecule has 4 nitrogen and oxygen atoms in total.